The Bertz CT molecular complexity index is 800. The fourth-order valence-corrected chi connectivity index (χ4v) is 2.47. The van der Waals surface area contributed by atoms with Gasteiger partial charge in [0.1, 0.15) is 5.75 Å². The van der Waals surface area contributed by atoms with Gasteiger partial charge in [-0.15, -0.1) is 0 Å². The number of ether oxygens (including phenoxy) is 1. The standard InChI is InChI=1S/C22H30N4O2/c1-5-16(4)25-21(27)18-8-6-7-17(13-18)14-24-22(23)26-19-9-11-20(12-10-19)28-15(2)3/h6-13,15-16H,5,14H2,1-4H3,(H,25,27)(H3,23,24,26). The smallest absolute Gasteiger partial charge is 0.251 e. The van der Waals surface area contributed by atoms with Crippen LogP contribution in [0.25, 0.3) is 0 Å². The van der Waals surface area contributed by atoms with E-state index in [1.807, 2.05) is 70.2 Å². The SMILES string of the molecule is CCC(C)NC(=O)c1cccc(CN=C(N)Nc2ccc(OC(C)C)cc2)c1. The van der Waals surface area contributed by atoms with Crippen molar-refractivity contribution in [3.8, 4) is 5.75 Å². The summed E-state index contributed by atoms with van der Waals surface area (Å²) in [6, 6.07) is 15.1. The number of aliphatic imine (C=N–C) groups is 1. The molecule has 1 atom stereocenters. The molecule has 2 aromatic carbocycles. The highest BCUT2D eigenvalue weighted by Crippen LogP contribution is 2.16. The summed E-state index contributed by atoms with van der Waals surface area (Å²) in [5.74, 6) is 1.05. The molecule has 6 heteroatoms. The summed E-state index contributed by atoms with van der Waals surface area (Å²) in [4.78, 5) is 16.6. The number of hydrogen-bond acceptors (Lipinski definition) is 3. The number of guanidine groups is 1. The Balaban J connectivity index is 1.95. The average Bonchev–Trinajstić information content (AvgIpc) is 2.67. The first kappa shape index (κ1) is 21.3. The van der Waals surface area contributed by atoms with Gasteiger partial charge in [-0.05, 0) is 69.2 Å². The van der Waals surface area contributed by atoms with Gasteiger partial charge in [-0.25, -0.2) is 4.99 Å². The third-order valence-electron chi connectivity index (χ3n) is 4.11. The minimum Gasteiger partial charge on any atom is -0.491 e. The Morgan fingerprint density at radius 3 is 2.50 bits per heavy atom. The summed E-state index contributed by atoms with van der Waals surface area (Å²) in [6.45, 7) is 8.38. The van der Waals surface area contributed by atoms with Crippen molar-refractivity contribution in [2.75, 3.05) is 5.32 Å². The maximum Gasteiger partial charge on any atom is 0.251 e. The topological polar surface area (TPSA) is 88.7 Å². The van der Waals surface area contributed by atoms with Gasteiger partial charge >= 0.3 is 0 Å². The summed E-state index contributed by atoms with van der Waals surface area (Å²) in [5.41, 5.74) is 8.36. The van der Waals surface area contributed by atoms with Crippen molar-refractivity contribution in [1.29, 1.82) is 0 Å². The van der Waals surface area contributed by atoms with Crippen LogP contribution in [-0.2, 0) is 6.54 Å². The van der Waals surface area contributed by atoms with Gasteiger partial charge in [-0.3, -0.25) is 4.79 Å². The molecule has 2 rings (SSSR count). The van der Waals surface area contributed by atoms with Gasteiger partial charge in [0.05, 0.1) is 12.6 Å². The first-order valence-electron chi connectivity index (χ1n) is 9.60. The highest BCUT2D eigenvalue weighted by atomic mass is 16.5. The van der Waals surface area contributed by atoms with E-state index in [9.17, 15) is 4.79 Å². The number of carbonyl (C=O) groups excluding carboxylic acids is 1. The Kier molecular flexibility index (Phi) is 7.87. The molecule has 0 aliphatic rings. The van der Waals surface area contributed by atoms with Crippen LogP contribution in [0.4, 0.5) is 5.69 Å². The van der Waals surface area contributed by atoms with Crippen LogP contribution in [-0.4, -0.2) is 24.0 Å². The summed E-state index contributed by atoms with van der Waals surface area (Å²) in [7, 11) is 0. The maximum atomic E-state index is 12.2. The molecular weight excluding hydrogens is 352 g/mol. The van der Waals surface area contributed by atoms with Crippen LogP contribution < -0.4 is 21.1 Å². The number of benzene rings is 2. The molecule has 4 N–H and O–H groups in total. The van der Waals surface area contributed by atoms with Crippen molar-refractivity contribution in [2.24, 2.45) is 10.7 Å². The Morgan fingerprint density at radius 2 is 1.86 bits per heavy atom. The first-order valence-corrected chi connectivity index (χ1v) is 9.60. The van der Waals surface area contributed by atoms with Crippen LogP contribution in [0, 0.1) is 0 Å². The first-order chi connectivity index (χ1) is 13.4. The summed E-state index contributed by atoms with van der Waals surface area (Å²) in [6.07, 6.45) is 1.02. The molecule has 6 nitrogen and oxygen atoms in total. The van der Waals surface area contributed by atoms with Crippen LogP contribution in [0.2, 0.25) is 0 Å². The van der Waals surface area contributed by atoms with Crippen molar-refractivity contribution in [3.05, 3.63) is 59.7 Å². The van der Waals surface area contributed by atoms with Gasteiger partial charge in [0.15, 0.2) is 5.96 Å². The maximum absolute atomic E-state index is 12.2. The lowest BCUT2D eigenvalue weighted by molar-refractivity contribution is 0.0939. The van der Waals surface area contributed by atoms with Gasteiger partial charge in [0, 0.05) is 17.3 Å². The second-order valence-electron chi connectivity index (χ2n) is 7.00. The van der Waals surface area contributed by atoms with Crippen molar-refractivity contribution in [3.63, 3.8) is 0 Å². The number of nitrogens with one attached hydrogen (secondary N) is 2. The molecule has 28 heavy (non-hydrogen) atoms. The summed E-state index contributed by atoms with van der Waals surface area (Å²) >= 11 is 0. The minimum absolute atomic E-state index is 0.0741. The average molecular weight is 383 g/mol. The van der Waals surface area contributed by atoms with E-state index in [4.69, 9.17) is 10.5 Å². The number of hydrogen-bond donors (Lipinski definition) is 3. The lowest BCUT2D eigenvalue weighted by Crippen LogP contribution is -2.31. The lowest BCUT2D eigenvalue weighted by atomic mass is 10.1. The molecule has 2 aromatic rings. The number of anilines is 1. The molecule has 0 radical (unpaired) electrons. The molecule has 0 fully saturated rings. The third kappa shape index (κ3) is 6.95. The summed E-state index contributed by atoms with van der Waals surface area (Å²) < 4.78 is 5.62. The number of nitrogens with two attached hydrogens (primary N) is 1. The van der Waals surface area contributed by atoms with Gasteiger partial charge in [-0.1, -0.05) is 19.1 Å². The van der Waals surface area contributed by atoms with E-state index in [2.05, 4.69) is 15.6 Å². The quantitative estimate of drug-likeness (QED) is 0.477. The highest BCUT2D eigenvalue weighted by Gasteiger charge is 2.08. The normalized spacial score (nSPS) is 12.5. The van der Waals surface area contributed by atoms with E-state index in [0.29, 0.717) is 18.1 Å². The Labute approximate surface area is 167 Å². The predicted molar refractivity (Wildman–Crippen MR) is 115 cm³/mol. The fourth-order valence-electron chi connectivity index (χ4n) is 2.47. The van der Waals surface area contributed by atoms with E-state index in [0.717, 1.165) is 23.4 Å². The molecule has 0 spiro atoms. The van der Waals surface area contributed by atoms with Crippen molar-refractivity contribution in [1.82, 2.24) is 5.32 Å². The second-order valence-corrected chi connectivity index (χ2v) is 7.00. The van der Waals surface area contributed by atoms with E-state index in [1.165, 1.54) is 0 Å². The molecule has 0 saturated carbocycles. The molecule has 1 amide bonds. The highest BCUT2D eigenvalue weighted by molar-refractivity contribution is 5.94. The number of nitrogens with zero attached hydrogens (tertiary/aromatic N) is 1. The van der Waals surface area contributed by atoms with Crippen LogP contribution in [0.3, 0.4) is 0 Å². The molecule has 1 unspecified atom stereocenters. The molecule has 0 aromatic heterocycles. The molecule has 0 saturated heterocycles. The van der Waals surface area contributed by atoms with Crippen LogP contribution in [0.1, 0.15) is 50.0 Å². The predicted octanol–water partition coefficient (Wildman–Crippen LogP) is 3.93. The molecule has 0 bridgehead atoms. The number of carbonyl (C=O) groups is 1. The number of rotatable bonds is 8. The molecule has 0 aliphatic carbocycles. The summed E-state index contributed by atoms with van der Waals surface area (Å²) in [5, 5.41) is 6.02. The minimum atomic E-state index is -0.0741. The van der Waals surface area contributed by atoms with Crippen molar-refractivity contribution < 1.29 is 9.53 Å². The molecule has 150 valence electrons. The zero-order valence-corrected chi connectivity index (χ0v) is 17.0. The van der Waals surface area contributed by atoms with Crippen LogP contribution >= 0.6 is 0 Å². The molecule has 0 heterocycles. The zero-order valence-electron chi connectivity index (χ0n) is 17.0. The lowest BCUT2D eigenvalue weighted by Gasteiger charge is -2.12. The second kappa shape index (κ2) is 10.3. The van der Waals surface area contributed by atoms with Gasteiger partial charge in [0.25, 0.3) is 5.91 Å². The number of amides is 1. The van der Waals surface area contributed by atoms with E-state index in [-0.39, 0.29) is 18.1 Å². The fraction of sp³-hybridized carbons (Fsp3) is 0.364. The van der Waals surface area contributed by atoms with Crippen LogP contribution in [0.5, 0.6) is 5.75 Å². The Hall–Kier alpha value is -3.02. The van der Waals surface area contributed by atoms with E-state index < -0.39 is 0 Å². The largest absolute Gasteiger partial charge is 0.491 e. The molecule has 0 aliphatic heterocycles. The van der Waals surface area contributed by atoms with Gasteiger partial charge in [-0.2, -0.15) is 0 Å². The monoisotopic (exact) mass is 382 g/mol. The van der Waals surface area contributed by atoms with E-state index in [1.54, 1.807) is 6.07 Å². The van der Waals surface area contributed by atoms with Crippen molar-refractivity contribution in [2.45, 2.75) is 52.8 Å². The van der Waals surface area contributed by atoms with Gasteiger partial charge in [0.2, 0.25) is 0 Å². The van der Waals surface area contributed by atoms with Gasteiger partial charge < -0.3 is 21.1 Å². The molecular formula is C22H30N4O2. The van der Waals surface area contributed by atoms with E-state index >= 15 is 0 Å². The van der Waals surface area contributed by atoms with Crippen molar-refractivity contribution >= 4 is 17.6 Å². The van der Waals surface area contributed by atoms with Crippen LogP contribution in [0.15, 0.2) is 53.5 Å². The third-order valence-corrected chi connectivity index (χ3v) is 4.11. The zero-order chi connectivity index (χ0) is 20.5. The Morgan fingerprint density at radius 1 is 1.14 bits per heavy atom.